The Morgan fingerprint density at radius 1 is 1.26 bits per heavy atom. The molecule has 0 aromatic heterocycles. The Hall–Kier alpha value is -0.410. The molecule has 1 heterocycles. The van der Waals surface area contributed by atoms with Gasteiger partial charge in [0.1, 0.15) is 6.10 Å². The van der Waals surface area contributed by atoms with Gasteiger partial charge >= 0.3 is 0 Å². The number of Topliss-reactive ketones (excluding diaryl/α,β-unsaturated/α-hetero) is 1. The van der Waals surface area contributed by atoms with Crippen LogP contribution in [0.5, 0.6) is 0 Å². The van der Waals surface area contributed by atoms with Crippen LogP contribution < -0.4 is 0 Å². The molecule has 1 unspecified atom stereocenters. The van der Waals surface area contributed by atoms with Crippen molar-refractivity contribution in [3.05, 3.63) is 0 Å². The summed E-state index contributed by atoms with van der Waals surface area (Å²) in [5, 5.41) is 0. The minimum Gasteiger partial charge on any atom is -0.381 e. The lowest BCUT2D eigenvalue weighted by atomic mass is 9.84. The highest BCUT2D eigenvalue weighted by molar-refractivity contribution is 5.83. The Morgan fingerprint density at radius 3 is 2.42 bits per heavy atom. The molecule has 1 aliphatic heterocycles. The van der Waals surface area contributed by atoms with E-state index in [1.54, 1.807) is 7.11 Å². The van der Waals surface area contributed by atoms with E-state index in [0.29, 0.717) is 6.42 Å². The summed E-state index contributed by atoms with van der Waals surface area (Å²) in [7, 11) is 1.63. The third kappa shape index (κ3) is 6.05. The monoisotopic (exact) mass is 270 g/mol. The zero-order valence-corrected chi connectivity index (χ0v) is 13.0. The zero-order valence-electron chi connectivity index (χ0n) is 13.0. The number of carbonyl (C=O) groups excluding carboxylic acids is 1. The van der Waals surface area contributed by atoms with Crippen molar-refractivity contribution in [1.29, 1.82) is 0 Å². The highest BCUT2D eigenvalue weighted by Crippen LogP contribution is 2.25. The van der Waals surface area contributed by atoms with Crippen LogP contribution in [0.4, 0.5) is 0 Å². The number of carbonyl (C=O) groups is 1. The Labute approximate surface area is 118 Å². The second kappa shape index (κ2) is 8.01. The van der Waals surface area contributed by atoms with E-state index < -0.39 is 0 Å². The summed E-state index contributed by atoms with van der Waals surface area (Å²) in [6, 6.07) is 0. The molecule has 0 bridgehead atoms. The molecule has 112 valence electrons. The van der Waals surface area contributed by atoms with Crippen LogP contribution in [0.3, 0.4) is 0 Å². The number of hydrogen-bond donors (Lipinski definition) is 0. The van der Waals surface area contributed by atoms with Gasteiger partial charge in [-0.2, -0.15) is 0 Å². The number of methoxy groups -OCH3 is 1. The van der Waals surface area contributed by atoms with Gasteiger partial charge in [0.25, 0.3) is 0 Å². The van der Waals surface area contributed by atoms with Gasteiger partial charge in [-0.25, -0.2) is 0 Å². The molecule has 0 N–H and O–H groups in total. The lowest BCUT2D eigenvalue weighted by Gasteiger charge is -2.28. The summed E-state index contributed by atoms with van der Waals surface area (Å²) in [6.45, 7) is 8.00. The minimum absolute atomic E-state index is 0.105. The van der Waals surface area contributed by atoms with E-state index in [2.05, 4.69) is 20.8 Å². The van der Waals surface area contributed by atoms with E-state index in [1.165, 1.54) is 19.3 Å². The maximum Gasteiger partial charge on any atom is 0.162 e. The fourth-order valence-electron chi connectivity index (χ4n) is 2.87. The fourth-order valence-corrected chi connectivity index (χ4v) is 2.87. The predicted molar refractivity (Wildman–Crippen MR) is 77.3 cm³/mol. The topological polar surface area (TPSA) is 35.5 Å². The van der Waals surface area contributed by atoms with Crippen LogP contribution in [0.1, 0.15) is 59.3 Å². The van der Waals surface area contributed by atoms with Crippen molar-refractivity contribution in [2.24, 2.45) is 11.3 Å². The quantitative estimate of drug-likeness (QED) is 0.663. The molecule has 0 radical (unpaired) electrons. The van der Waals surface area contributed by atoms with Crippen LogP contribution >= 0.6 is 0 Å². The van der Waals surface area contributed by atoms with E-state index in [4.69, 9.17) is 9.47 Å². The first-order valence-electron chi connectivity index (χ1n) is 7.58. The standard InChI is InChI=1S/C16H30O3/c1-16(2,3)15(18-4)14(17)8-6-5-7-13-9-11-19-12-10-13/h13,15H,5-12H2,1-4H3. The van der Waals surface area contributed by atoms with Crippen molar-refractivity contribution in [2.75, 3.05) is 20.3 Å². The molecule has 1 saturated heterocycles. The third-order valence-corrected chi connectivity index (χ3v) is 3.94. The van der Waals surface area contributed by atoms with Crippen LogP contribution in [-0.2, 0) is 14.3 Å². The molecule has 0 aromatic rings. The van der Waals surface area contributed by atoms with Crippen LogP contribution in [0.15, 0.2) is 0 Å². The molecular weight excluding hydrogens is 240 g/mol. The lowest BCUT2D eigenvalue weighted by molar-refractivity contribution is -0.135. The van der Waals surface area contributed by atoms with Crippen molar-refractivity contribution in [3.63, 3.8) is 0 Å². The van der Waals surface area contributed by atoms with Gasteiger partial charge in [-0.1, -0.05) is 33.6 Å². The molecule has 1 atom stereocenters. The molecule has 0 saturated carbocycles. The number of ketones is 1. The van der Waals surface area contributed by atoms with Crippen LogP contribution in [-0.4, -0.2) is 32.2 Å². The molecule has 0 amide bonds. The summed E-state index contributed by atoms with van der Waals surface area (Å²) in [5.41, 5.74) is -0.105. The maximum atomic E-state index is 12.1. The molecule has 19 heavy (non-hydrogen) atoms. The van der Waals surface area contributed by atoms with Gasteiger partial charge in [0, 0.05) is 26.7 Å². The second-order valence-electron chi connectivity index (χ2n) is 6.75. The second-order valence-corrected chi connectivity index (χ2v) is 6.75. The van der Waals surface area contributed by atoms with Crippen molar-refractivity contribution < 1.29 is 14.3 Å². The summed E-state index contributed by atoms with van der Waals surface area (Å²) >= 11 is 0. The van der Waals surface area contributed by atoms with Gasteiger partial charge in [0.2, 0.25) is 0 Å². The maximum absolute atomic E-state index is 12.1. The molecule has 0 aliphatic carbocycles. The average molecular weight is 270 g/mol. The number of hydrogen-bond acceptors (Lipinski definition) is 3. The number of unbranched alkanes of at least 4 members (excludes halogenated alkanes) is 1. The smallest absolute Gasteiger partial charge is 0.162 e. The highest BCUT2D eigenvalue weighted by Gasteiger charge is 2.30. The summed E-state index contributed by atoms with van der Waals surface area (Å²) < 4.78 is 10.7. The normalized spacial score (nSPS) is 19.4. The van der Waals surface area contributed by atoms with Gasteiger partial charge < -0.3 is 9.47 Å². The summed E-state index contributed by atoms with van der Waals surface area (Å²) in [6.07, 6.45) is 6.15. The third-order valence-electron chi connectivity index (χ3n) is 3.94. The SMILES string of the molecule is COC(C(=O)CCCCC1CCOCC1)C(C)(C)C. The molecule has 3 nitrogen and oxygen atoms in total. The van der Waals surface area contributed by atoms with Crippen LogP contribution in [0, 0.1) is 11.3 Å². The molecule has 3 heteroatoms. The van der Waals surface area contributed by atoms with Crippen molar-refractivity contribution in [1.82, 2.24) is 0 Å². The minimum atomic E-state index is -0.268. The van der Waals surface area contributed by atoms with Crippen LogP contribution in [0.2, 0.25) is 0 Å². The predicted octanol–water partition coefficient (Wildman–Crippen LogP) is 3.60. The van der Waals surface area contributed by atoms with E-state index in [0.717, 1.165) is 32.0 Å². The first-order chi connectivity index (χ1) is 8.95. The number of ether oxygens (including phenoxy) is 2. The Kier molecular flexibility index (Phi) is 7.01. The molecular formula is C16H30O3. The lowest BCUT2D eigenvalue weighted by Crippen LogP contribution is -2.36. The van der Waals surface area contributed by atoms with Gasteiger partial charge in [-0.05, 0) is 30.6 Å². The molecule has 0 spiro atoms. The van der Waals surface area contributed by atoms with Gasteiger partial charge in [-0.15, -0.1) is 0 Å². The average Bonchev–Trinajstić information content (AvgIpc) is 2.35. The van der Waals surface area contributed by atoms with E-state index >= 15 is 0 Å². The Morgan fingerprint density at radius 2 is 1.89 bits per heavy atom. The largest absolute Gasteiger partial charge is 0.381 e. The first-order valence-corrected chi connectivity index (χ1v) is 7.58. The van der Waals surface area contributed by atoms with Gasteiger partial charge in [0.05, 0.1) is 0 Å². The summed E-state index contributed by atoms with van der Waals surface area (Å²) in [5.74, 6) is 1.06. The van der Waals surface area contributed by atoms with Crippen molar-refractivity contribution in [2.45, 2.75) is 65.4 Å². The fraction of sp³-hybridized carbons (Fsp3) is 0.938. The molecule has 0 aromatic carbocycles. The summed E-state index contributed by atoms with van der Waals surface area (Å²) in [4.78, 5) is 12.1. The Balaban J connectivity index is 2.19. The van der Waals surface area contributed by atoms with E-state index in [1.807, 2.05) is 0 Å². The first kappa shape index (κ1) is 16.6. The van der Waals surface area contributed by atoms with E-state index in [-0.39, 0.29) is 17.3 Å². The molecule has 1 aliphatic rings. The zero-order chi connectivity index (χ0) is 14.3. The van der Waals surface area contributed by atoms with Gasteiger partial charge in [0.15, 0.2) is 5.78 Å². The van der Waals surface area contributed by atoms with Crippen molar-refractivity contribution >= 4 is 5.78 Å². The molecule has 1 rings (SSSR count). The molecule has 1 fully saturated rings. The van der Waals surface area contributed by atoms with Crippen molar-refractivity contribution in [3.8, 4) is 0 Å². The van der Waals surface area contributed by atoms with Crippen LogP contribution in [0.25, 0.3) is 0 Å². The van der Waals surface area contributed by atoms with E-state index in [9.17, 15) is 4.79 Å². The Bertz CT molecular complexity index is 262. The number of rotatable bonds is 7. The van der Waals surface area contributed by atoms with Gasteiger partial charge in [-0.3, -0.25) is 4.79 Å². The highest BCUT2D eigenvalue weighted by atomic mass is 16.5.